The van der Waals surface area contributed by atoms with Crippen molar-refractivity contribution in [3.63, 3.8) is 0 Å². The number of alkyl halides is 1. The minimum atomic E-state index is 0.127. The van der Waals surface area contributed by atoms with Gasteiger partial charge in [-0.25, -0.2) is 0 Å². The number of rotatable bonds is 1. The summed E-state index contributed by atoms with van der Waals surface area (Å²) in [5.41, 5.74) is 0.127. The molecule has 0 N–H and O–H groups in total. The topological polar surface area (TPSA) is 9.23 Å². The van der Waals surface area contributed by atoms with Crippen LogP contribution in [-0.4, -0.2) is 16.1 Å². The molecule has 0 aromatic heterocycles. The lowest BCUT2D eigenvalue weighted by atomic mass is 9.88. The van der Waals surface area contributed by atoms with Crippen molar-refractivity contribution in [2.75, 3.05) is 4.43 Å². The first-order valence-electron chi connectivity index (χ1n) is 4.29. The minimum absolute atomic E-state index is 0.127. The Morgan fingerprint density at radius 2 is 2.18 bits per heavy atom. The summed E-state index contributed by atoms with van der Waals surface area (Å²) in [6, 6.07) is 0. The zero-order valence-corrected chi connectivity index (χ0v) is 9.72. The van der Waals surface area contributed by atoms with Crippen molar-refractivity contribution in [2.24, 2.45) is 5.92 Å². The molecule has 0 aromatic carbocycles. The monoisotopic (exact) mass is 268 g/mol. The highest BCUT2D eigenvalue weighted by atomic mass is 127. The van der Waals surface area contributed by atoms with E-state index in [-0.39, 0.29) is 5.60 Å². The van der Waals surface area contributed by atoms with Crippen molar-refractivity contribution in [3.05, 3.63) is 0 Å². The summed E-state index contributed by atoms with van der Waals surface area (Å²) in [4.78, 5) is 0. The zero-order chi connectivity index (χ0) is 8.48. The summed E-state index contributed by atoms with van der Waals surface area (Å²) in [7, 11) is 0. The second-order valence-corrected chi connectivity index (χ2v) is 4.97. The van der Waals surface area contributed by atoms with Crippen LogP contribution in [0.2, 0.25) is 0 Å². The Morgan fingerprint density at radius 3 is 2.64 bits per heavy atom. The second-order valence-electron chi connectivity index (χ2n) is 4.09. The molecule has 0 radical (unpaired) electrons. The van der Waals surface area contributed by atoms with Gasteiger partial charge in [-0.15, -0.1) is 0 Å². The average molecular weight is 268 g/mol. The van der Waals surface area contributed by atoms with E-state index in [0.717, 1.165) is 10.3 Å². The van der Waals surface area contributed by atoms with Gasteiger partial charge in [-0.3, -0.25) is 0 Å². The molecule has 1 heterocycles. The molecular weight excluding hydrogens is 251 g/mol. The first kappa shape index (κ1) is 9.78. The van der Waals surface area contributed by atoms with Gasteiger partial charge in [0.15, 0.2) is 0 Å². The Bertz CT molecular complexity index is 134. The molecule has 0 aromatic rings. The molecule has 1 rings (SSSR count). The maximum atomic E-state index is 5.93. The predicted octanol–water partition coefficient (Wildman–Crippen LogP) is 3.02. The second kappa shape index (κ2) is 3.60. The Balaban J connectivity index is 2.51. The molecule has 11 heavy (non-hydrogen) atoms. The molecule has 0 bridgehead atoms. The Labute approximate surface area is 83.0 Å². The van der Waals surface area contributed by atoms with Crippen LogP contribution in [0.25, 0.3) is 0 Å². The first-order chi connectivity index (χ1) is 5.05. The summed E-state index contributed by atoms with van der Waals surface area (Å²) in [6.45, 7) is 6.68. The van der Waals surface area contributed by atoms with E-state index in [0.29, 0.717) is 6.10 Å². The third-order valence-electron chi connectivity index (χ3n) is 2.46. The zero-order valence-electron chi connectivity index (χ0n) is 7.56. The van der Waals surface area contributed by atoms with Crippen molar-refractivity contribution in [2.45, 2.75) is 45.3 Å². The van der Waals surface area contributed by atoms with Crippen molar-refractivity contribution in [1.29, 1.82) is 0 Å². The molecule has 2 unspecified atom stereocenters. The number of hydrogen-bond acceptors (Lipinski definition) is 1. The fourth-order valence-corrected chi connectivity index (χ4v) is 2.58. The van der Waals surface area contributed by atoms with E-state index in [9.17, 15) is 0 Å². The Kier molecular flexibility index (Phi) is 3.20. The molecule has 1 saturated heterocycles. The Hall–Kier alpha value is 0.690. The standard InChI is InChI=1S/C9H17IO/c1-7-4-5-9(2,3)11-8(7)6-10/h7-8H,4-6H2,1-3H3. The molecule has 1 aliphatic rings. The highest BCUT2D eigenvalue weighted by Crippen LogP contribution is 2.32. The van der Waals surface area contributed by atoms with Crippen LogP contribution in [0.15, 0.2) is 0 Å². The third kappa shape index (κ3) is 2.58. The highest BCUT2D eigenvalue weighted by molar-refractivity contribution is 14.1. The van der Waals surface area contributed by atoms with Gasteiger partial charge in [-0.2, -0.15) is 0 Å². The van der Waals surface area contributed by atoms with Crippen molar-refractivity contribution >= 4 is 22.6 Å². The smallest absolute Gasteiger partial charge is 0.0697 e. The minimum Gasteiger partial charge on any atom is -0.371 e. The van der Waals surface area contributed by atoms with Gasteiger partial charge in [0, 0.05) is 4.43 Å². The van der Waals surface area contributed by atoms with Gasteiger partial charge in [-0.05, 0) is 32.6 Å². The molecule has 66 valence electrons. The van der Waals surface area contributed by atoms with Gasteiger partial charge in [-0.1, -0.05) is 29.5 Å². The number of halogens is 1. The lowest BCUT2D eigenvalue weighted by molar-refractivity contribution is -0.118. The number of ether oxygens (including phenoxy) is 1. The van der Waals surface area contributed by atoms with Crippen LogP contribution in [0.4, 0.5) is 0 Å². The molecule has 0 aliphatic carbocycles. The highest BCUT2D eigenvalue weighted by Gasteiger charge is 2.32. The van der Waals surface area contributed by atoms with E-state index in [4.69, 9.17) is 4.74 Å². The average Bonchev–Trinajstić information content (AvgIpc) is 1.94. The van der Waals surface area contributed by atoms with Crippen LogP contribution in [0.1, 0.15) is 33.6 Å². The van der Waals surface area contributed by atoms with Gasteiger partial charge < -0.3 is 4.74 Å². The van der Waals surface area contributed by atoms with Crippen LogP contribution in [-0.2, 0) is 4.74 Å². The molecule has 1 fully saturated rings. The molecule has 0 amide bonds. The quantitative estimate of drug-likeness (QED) is 0.524. The largest absolute Gasteiger partial charge is 0.371 e. The van der Waals surface area contributed by atoms with Crippen LogP contribution in [0.5, 0.6) is 0 Å². The van der Waals surface area contributed by atoms with E-state index in [1.54, 1.807) is 0 Å². The summed E-state index contributed by atoms with van der Waals surface area (Å²) >= 11 is 2.41. The summed E-state index contributed by atoms with van der Waals surface area (Å²) in [5, 5.41) is 0. The van der Waals surface area contributed by atoms with Crippen LogP contribution in [0.3, 0.4) is 0 Å². The van der Waals surface area contributed by atoms with E-state index in [1.807, 2.05) is 0 Å². The lowest BCUT2D eigenvalue weighted by Crippen LogP contribution is -2.40. The summed E-state index contributed by atoms with van der Waals surface area (Å²) < 4.78 is 7.06. The SMILES string of the molecule is CC1CCC(C)(C)OC1CI. The molecule has 1 nitrogen and oxygen atoms in total. The van der Waals surface area contributed by atoms with E-state index in [1.165, 1.54) is 12.8 Å². The van der Waals surface area contributed by atoms with Gasteiger partial charge in [0.05, 0.1) is 11.7 Å². The van der Waals surface area contributed by atoms with Gasteiger partial charge in [0.2, 0.25) is 0 Å². The maximum absolute atomic E-state index is 5.93. The van der Waals surface area contributed by atoms with E-state index in [2.05, 4.69) is 43.4 Å². The van der Waals surface area contributed by atoms with Gasteiger partial charge in [0.1, 0.15) is 0 Å². The molecule has 1 aliphatic heterocycles. The van der Waals surface area contributed by atoms with Crippen molar-refractivity contribution in [3.8, 4) is 0 Å². The van der Waals surface area contributed by atoms with E-state index >= 15 is 0 Å². The molecule has 0 spiro atoms. The fraction of sp³-hybridized carbons (Fsp3) is 1.00. The number of hydrogen-bond donors (Lipinski definition) is 0. The molecular formula is C9H17IO. The Morgan fingerprint density at radius 1 is 1.55 bits per heavy atom. The fourth-order valence-electron chi connectivity index (χ4n) is 1.53. The van der Waals surface area contributed by atoms with Crippen LogP contribution < -0.4 is 0 Å². The summed E-state index contributed by atoms with van der Waals surface area (Å²) in [5.74, 6) is 0.750. The van der Waals surface area contributed by atoms with Crippen LogP contribution in [0, 0.1) is 5.92 Å². The molecule has 0 saturated carbocycles. The van der Waals surface area contributed by atoms with Crippen molar-refractivity contribution in [1.82, 2.24) is 0 Å². The first-order valence-corrected chi connectivity index (χ1v) is 5.81. The maximum Gasteiger partial charge on any atom is 0.0697 e. The normalized spacial score (nSPS) is 37.1. The van der Waals surface area contributed by atoms with Crippen molar-refractivity contribution < 1.29 is 4.74 Å². The van der Waals surface area contributed by atoms with Crippen LogP contribution >= 0.6 is 22.6 Å². The van der Waals surface area contributed by atoms with Gasteiger partial charge in [0.25, 0.3) is 0 Å². The van der Waals surface area contributed by atoms with Gasteiger partial charge >= 0.3 is 0 Å². The molecule has 2 heteroatoms. The lowest BCUT2D eigenvalue weighted by Gasteiger charge is -2.39. The van der Waals surface area contributed by atoms with E-state index < -0.39 is 0 Å². The summed E-state index contributed by atoms with van der Waals surface area (Å²) in [6.07, 6.45) is 3.02. The predicted molar refractivity (Wildman–Crippen MR) is 56.2 cm³/mol. The molecule has 2 atom stereocenters. The third-order valence-corrected chi connectivity index (χ3v) is 3.33.